The molecule has 0 saturated carbocycles. The smallest absolute Gasteiger partial charge is 0.326 e. The maximum Gasteiger partial charge on any atom is 0.326 e. The minimum absolute atomic E-state index is 0.418. The standard InChI is InChI=1S/C21H24ClN5O3/c1-29-19-7-6-15(22)14-17(19)24-21(28)25-20-23-16-4-2-3-5-18(16)27(20)9-8-26-10-12-30-13-11-26/h2-7,14H,8-13H2,1H3,(H2,23,24,25,28). The Morgan fingerprint density at radius 1 is 1.17 bits per heavy atom. The fourth-order valence-electron chi connectivity index (χ4n) is 3.50. The molecule has 1 aliphatic heterocycles. The van der Waals surface area contributed by atoms with Gasteiger partial charge in [-0.2, -0.15) is 0 Å². The number of urea groups is 1. The van der Waals surface area contributed by atoms with Crippen molar-refractivity contribution in [3.05, 3.63) is 47.5 Å². The molecule has 2 aromatic carbocycles. The van der Waals surface area contributed by atoms with Gasteiger partial charge in [-0.3, -0.25) is 10.2 Å². The largest absolute Gasteiger partial charge is 0.495 e. The van der Waals surface area contributed by atoms with Gasteiger partial charge in [0, 0.05) is 31.2 Å². The second kappa shape index (κ2) is 9.34. The molecule has 0 unspecified atom stereocenters. The van der Waals surface area contributed by atoms with Gasteiger partial charge >= 0.3 is 6.03 Å². The number of aromatic nitrogens is 2. The van der Waals surface area contributed by atoms with Crippen LogP contribution in [0.4, 0.5) is 16.4 Å². The Morgan fingerprint density at radius 3 is 2.77 bits per heavy atom. The molecule has 2 heterocycles. The van der Waals surface area contributed by atoms with Crippen molar-refractivity contribution in [3.8, 4) is 5.75 Å². The Morgan fingerprint density at radius 2 is 1.97 bits per heavy atom. The van der Waals surface area contributed by atoms with E-state index in [2.05, 4.69) is 20.5 Å². The van der Waals surface area contributed by atoms with E-state index in [1.54, 1.807) is 18.2 Å². The predicted molar refractivity (Wildman–Crippen MR) is 118 cm³/mol. The molecule has 3 aromatic rings. The number of halogens is 1. The van der Waals surface area contributed by atoms with E-state index in [1.165, 1.54) is 7.11 Å². The summed E-state index contributed by atoms with van der Waals surface area (Å²) in [4.78, 5) is 19.6. The number of para-hydroxylation sites is 2. The first-order valence-electron chi connectivity index (χ1n) is 9.81. The summed E-state index contributed by atoms with van der Waals surface area (Å²) < 4.78 is 12.7. The average Bonchev–Trinajstić information content (AvgIpc) is 3.10. The van der Waals surface area contributed by atoms with Crippen LogP contribution in [-0.2, 0) is 11.3 Å². The number of imidazole rings is 1. The van der Waals surface area contributed by atoms with E-state index in [1.807, 2.05) is 28.8 Å². The van der Waals surface area contributed by atoms with E-state index in [9.17, 15) is 4.79 Å². The van der Waals surface area contributed by atoms with Crippen LogP contribution in [0, 0.1) is 0 Å². The van der Waals surface area contributed by atoms with Gasteiger partial charge in [0.05, 0.1) is 37.0 Å². The van der Waals surface area contributed by atoms with Crippen LogP contribution in [0.2, 0.25) is 5.02 Å². The SMILES string of the molecule is COc1ccc(Cl)cc1NC(=O)Nc1nc2ccccc2n1CCN1CCOCC1. The number of nitrogens with zero attached hydrogens (tertiary/aromatic N) is 3. The molecule has 9 heteroatoms. The summed E-state index contributed by atoms with van der Waals surface area (Å²) in [7, 11) is 1.54. The summed E-state index contributed by atoms with van der Waals surface area (Å²) in [5.74, 6) is 1.01. The first kappa shape index (κ1) is 20.5. The van der Waals surface area contributed by atoms with Crippen molar-refractivity contribution < 1.29 is 14.3 Å². The molecule has 158 valence electrons. The van der Waals surface area contributed by atoms with E-state index in [4.69, 9.17) is 21.1 Å². The van der Waals surface area contributed by atoms with Crippen molar-refractivity contribution in [2.45, 2.75) is 6.54 Å². The summed E-state index contributed by atoms with van der Waals surface area (Å²) >= 11 is 6.05. The van der Waals surface area contributed by atoms with Crippen LogP contribution in [0.3, 0.4) is 0 Å². The van der Waals surface area contributed by atoms with Gasteiger partial charge in [-0.1, -0.05) is 23.7 Å². The van der Waals surface area contributed by atoms with Crippen LogP contribution in [-0.4, -0.2) is 60.4 Å². The van der Waals surface area contributed by atoms with Crippen LogP contribution < -0.4 is 15.4 Å². The fraction of sp³-hybridized carbons (Fsp3) is 0.333. The second-order valence-electron chi connectivity index (χ2n) is 6.95. The number of fused-ring (bicyclic) bond motifs is 1. The number of carbonyl (C=O) groups excluding carboxylic acids is 1. The highest BCUT2D eigenvalue weighted by molar-refractivity contribution is 6.31. The highest BCUT2D eigenvalue weighted by atomic mass is 35.5. The fourth-order valence-corrected chi connectivity index (χ4v) is 3.67. The molecule has 0 atom stereocenters. The Labute approximate surface area is 179 Å². The quantitative estimate of drug-likeness (QED) is 0.624. The summed E-state index contributed by atoms with van der Waals surface area (Å²) in [5, 5.41) is 6.16. The van der Waals surface area contributed by atoms with Crippen molar-refractivity contribution >= 4 is 40.3 Å². The summed E-state index contributed by atoms with van der Waals surface area (Å²) in [6, 6.07) is 12.5. The van der Waals surface area contributed by atoms with Gasteiger partial charge in [0.25, 0.3) is 0 Å². The van der Waals surface area contributed by atoms with E-state index in [0.717, 1.165) is 43.9 Å². The van der Waals surface area contributed by atoms with Gasteiger partial charge in [-0.15, -0.1) is 0 Å². The van der Waals surface area contributed by atoms with E-state index in [-0.39, 0.29) is 0 Å². The van der Waals surface area contributed by atoms with Crippen LogP contribution >= 0.6 is 11.6 Å². The van der Waals surface area contributed by atoms with Gasteiger partial charge in [-0.05, 0) is 30.3 Å². The zero-order valence-electron chi connectivity index (χ0n) is 16.7. The first-order valence-corrected chi connectivity index (χ1v) is 10.2. The number of anilines is 2. The highest BCUT2D eigenvalue weighted by Gasteiger charge is 2.16. The monoisotopic (exact) mass is 429 g/mol. The van der Waals surface area contributed by atoms with Crippen molar-refractivity contribution in [2.24, 2.45) is 0 Å². The molecule has 0 radical (unpaired) electrons. The molecule has 1 fully saturated rings. The van der Waals surface area contributed by atoms with Crippen molar-refractivity contribution in [1.29, 1.82) is 0 Å². The molecule has 1 aromatic heterocycles. The average molecular weight is 430 g/mol. The molecule has 2 N–H and O–H groups in total. The highest BCUT2D eigenvalue weighted by Crippen LogP contribution is 2.28. The number of hydrogen-bond donors (Lipinski definition) is 2. The predicted octanol–water partition coefficient (Wildman–Crippen LogP) is 3.67. The lowest BCUT2D eigenvalue weighted by Crippen LogP contribution is -2.38. The lowest BCUT2D eigenvalue weighted by Gasteiger charge is -2.26. The zero-order valence-corrected chi connectivity index (χ0v) is 17.5. The Kier molecular flexibility index (Phi) is 6.37. The normalized spacial score (nSPS) is 14.6. The van der Waals surface area contributed by atoms with Crippen LogP contribution in [0.5, 0.6) is 5.75 Å². The maximum absolute atomic E-state index is 12.7. The Hall–Kier alpha value is -2.81. The number of rotatable bonds is 6. The number of hydrogen-bond acceptors (Lipinski definition) is 5. The summed E-state index contributed by atoms with van der Waals surface area (Å²) in [6.07, 6.45) is 0. The number of amides is 2. The van der Waals surface area contributed by atoms with Gasteiger partial charge < -0.3 is 19.4 Å². The van der Waals surface area contributed by atoms with Crippen molar-refractivity contribution in [2.75, 3.05) is 50.6 Å². The molecule has 30 heavy (non-hydrogen) atoms. The molecule has 0 bridgehead atoms. The molecule has 8 nitrogen and oxygen atoms in total. The van der Waals surface area contributed by atoms with E-state index >= 15 is 0 Å². The number of morpholine rings is 1. The molecule has 4 rings (SSSR count). The molecule has 1 saturated heterocycles. The third-order valence-electron chi connectivity index (χ3n) is 5.03. The number of ether oxygens (including phenoxy) is 2. The summed E-state index contributed by atoms with van der Waals surface area (Å²) in [6.45, 7) is 4.87. The van der Waals surface area contributed by atoms with Crippen LogP contribution in [0.25, 0.3) is 11.0 Å². The molecular formula is C21H24ClN5O3. The number of methoxy groups -OCH3 is 1. The van der Waals surface area contributed by atoms with Gasteiger partial charge in [0.15, 0.2) is 0 Å². The van der Waals surface area contributed by atoms with Crippen LogP contribution in [0.15, 0.2) is 42.5 Å². The molecule has 0 aliphatic carbocycles. The number of benzene rings is 2. The second-order valence-corrected chi connectivity index (χ2v) is 7.39. The van der Waals surface area contributed by atoms with E-state index in [0.29, 0.717) is 29.0 Å². The number of carbonyl (C=O) groups is 1. The van der Waals surface area contributed by atoms with Gasteiger partial charge in [0.2, 0.25) is 5.95 Å². The first-order chi connectivity index (χ1) is 14.6. The lowest BCUT2D eigenvalue weighted by molar-refractivity contribution is 0.0366. The topological polar surface area (TPSA) is 80.7 Å². The third kappa shape index (κ3) is 4.67. The lowest BCUT2D eigenvalue weighted by atomic mass is 10.3. The minimum Gasteiger partial charge on any atom is -0.495 e. The van der Waals surface area contributed by atoms with E-state index < -0.39 is 6.03 Å². The summed E-state index contributed by atoms with van der Waals surface area (Å²) in [5.41, 5.74) is 2.29. The Bertz CT molecular complexity index is 1030. The van der Waals surface area contributed by atoms with Gasteiger partial charge in [0.1, 0.15) is 5.75 Å². The molecular weight excluding hydrogens is 406 g/mol. The van der Waals surface area contributed by atoms with Crippen molar-refractivity contribution in [3.63, 3.8) is 0 Å². The van der Waals surface area contributed by atoms with Crippen molar-refractivity contribution in [1.82, 2.24) is 14.5 Å². The minimum atomic E-state index is -0.418. The third-order valence-corrected chi connectivity index (χ3v) is 5.27. The molecule has 1 aliphatic rings. The zero-order chi connectivity index (χ0) is 20.9. The van der Waals surface area contributed by atoms with Gasteiger partial charge in [-0.25, -0.2) is 9.78 Å². The molecule has 2 amide bonds. The number of nitrogens with one attached hydrogen (secondary N) is 2. The molecule has 0 spiro atoms. The maximum atomic E-state index is 12.7. The van der Waals surface area contributed by atoms with Crippen LogP contribution in [0.1, 0.15) is 0 Å². The Balaban J connectivity index is 1.53.